The van der Waals surface area contributed by atoms with E-state index in [1.165, 1.54) is 29.5 Å². The Labute approximate surface area is 494 Å². The minimum Gasteiger partial charge on any atom is -0.496 e. The third kappa shape index (κ3) is 15.7. The number of carbonyl (C=O) groups excluding carboxylic acids is 2. The molecule has 0 aliphatic carbocycles. The van der Waals surface area contributed by atoms with Gasteiger partial charge in [0.2, 0.25) is 0 Å². The average Bonchev–Trinajstić information content (AvgIpc) is 3.19. The van der Waals surface area contributed by atoms with Crippen molar-refractivity contribution in [2.75, 3.05) is 97.2 Å². The van der Waals surface area contributed by atoms with Gasteiger partial charge in [-0.25, -0.2) is 23.7 Å². The van der Waals surface area contributed by atoms with E-state index < -0.39 is 13.0 Å². The first-order valence-corrected chi connectivity index (χ1v) is 31.5. The highest BCUT2D eigenvalue weighted by Crippen LogP contribution is 2.38. The Balaban J connectivity index is 0.000000161. The van der Waals surface area contributed by atoms with Crippen molar-refractivity contribution in [3.05, 3.63) is 142 Å². The number of hydrogen-bond donors (Lipinski definition) is 2. The van der Waals surface area contributed by atoms with Crippen LogP contribution in [-0.2, 0) is 34.0 Å². The van der Waals surface area contributed by atoms with Crippen molar-refractivity contribution >= 4 is 71.4 Å². The fraction of sp³-hybridized carbons (Fsp3) is 0.364. The van der Waals surface area contributed by atoms with Gasteiger partial charge in [-0.1, -0.05) is 42.8 Å². The minimum atomic E-state index is -1.07. The Morgan fingerprint density at radius 2 is 1.25 bits per heavy atom. The van der Waals surface area contributed by atoms with Gasteiger partial charge in [0.15, 0.2) is 11.3 Å². The average molecular weight is 1210 g/mol. The number of halogens is 2. The molecule has 0 saturated carbocycles. The van der Waals surface area contributed by atoms with E-state index >= 15 is 0 Å². The van der Waals surface area contributed by atoms with Crippen LogP contribution in [0.25, 0.3) is 33.8 Å². The molecule has 0 atom stereocenters. The fourth-order valence-electron chi connectivity index (χ4n) is 9.02. The second kappa shape index (κ2) is 28.4. The summed E-state index contributed by atoms with van der Waals surface area (Å²) in [6.07, 6.45) is 15.8. The van der Waals surface area contributed by atoms with Crippen molar-refractivity contribution in [3.8, 4) is 34.0 Å². The molecule has 84 heavy (non-hydrogen) atoms. The zero-order chi connectivity index (χ0) is 59.2. The number of methoxy groups -OCH3 is 2. The third-order valence-electron chi connectivity index (χ3n) is 13.5. The Morgan fingerprint density at radius 3 is 1.81 bits per heavy atom. The molecule has 9 heterocycles. The summed E-state index contributed by atoms with van der Waals surface area (Å²) in [7, 11) is 2.12. The van der Waals surface area contributed by atoms with Crippen LogP contribution in [0.1, 0.15) is 20.7 Å². The molecule has 2 saturated heterocycles. The largest absolute Gasteiger partial charge is 0.496 e. The standard InChI is InChI=1S/2C23H24ClN7O3.C9H17N3O3Si/c1-33-20-4-3-16(24)13-17(20)21-19(15-30(28-21)8-7-29-9-11-34-12-10-29)27-23(32)18-14-26-31-6-2-5-25-22(18)31;1-33-20-4-3-16(24)13-17(20)21-19(15-27-30(21)8-7-29-9-11-34-12-10-29)28-23(32)18-14-26-31-6-2-5-25-22(18)31;1-16(2,3)5-4-15-8-11-7-9(6-10-11)12(13)14/h2-6,13-15H,7-12H2,1H3,(H,27,32);2-6,13-15H,7-12H2,1H3,(H,28,32);6-7H,4-5,8H2,1-3H3. The van der Waals surface area contributed by atoms with E-state index in [9.17, 15) is 19.7 Å². The van der Waals surface area contributed by atoms with Gasteiger partial charge in [0.1, 0.15) is 47.4 Å². The van der Waals surface area contributed by atoms with E-state index in [1.54, 1.807) is 96.7 Å². The van der Waals surface area contributed by atoms with Gasteiger partial charge in [0, 0.05) is 106 Å². The third-order valence-corrected chi connectivity index (χ3v) is 15.7. The van der Waals surface area contributed by atoms with Gasteiger partial charge < -0.3 is 34.3 Å². The number of anilines is 2. The minimum absolute atomic E-state index is 0.00574. The van der Waals surface area contributed by atoms with Crippen molar-refractivity contribution in [3.63, 3.8) is 0 Å². The van der Waals surface area contributed by atoms with Crippen LogP contribution in [0.4, 0.5) is 17.1 Å². The van der Waals surface area contributed by atoms with Gasteiger partial charge >= 0.3 is 5.69 Å². The molecule has 0 bridgehead atoms. The van der Waals surface area contributed by atoms with E-state index in [4.69, 9.17) is 52.0 Å². The topological polar surface area (TPSA) is 268 Å². The molecular formula is C55H65Cl2N17O9Si. The molecular weight excluding hydrogens is 1140 g/mol. The second-order valence-corrected chi connectivity index (χ2v) is 27.0. The monoisotopic (exact) mass is 1210 g/mol. The predicted octanol–water partition coefficient (Wildman–Crippen LogP) is 7.78. The van der Waals surface area contributed by atoms with Crippen molar-refractivity contribution in [2.45, 2.75) is 45.5 Å². The van der Waals surface area contributed by atoms with E-state index in [-0.39, 0.29) is 24.2 Å². The van der Waals surface area contributed by atoms with Crippen molar-refractivity contribution in [1.82, 2.24) is 68.3 Å². The number of nitrogens with one attached hydrogen (secondary N) is 2. The summed E-state index contributed by atoms with van der Waals surface area (Å²) in [5.74, 6) is 0.578. The lowest BCUT2D eigenvalue weighted by atomic mass is 10.1. The Kier molecular flexibility index (Phi) is 20.4. The number of rotatable bonds is 20. The zero-order valence-electron chi connectivity index (χ0n) is 47.1. The number of benzene rings is 2. The van der Waals surface area contributed by atoms with E-state index in [2.05, 4.69) is 70.4 Å². The first-order valence-electron chi connectivity index (χ1n) is 27.0. The van der Waals surface area contributed by atoms with Gasteiger partial charge in [-0.2, -0.15) is 25.5 Å². The summed E-state index contributed by atoms with van der Waals surface area (Å²) in [6, 6.07) is 15.3. The Bertz CT molecular complexity index is 3590. The maximum atomic E-state index is 13.2. The number of hydrogen-bond acceptors (Lipinski definition) is 18. The number of fused-ring (bicyclic) bond motifs is 2. The Hall–Kier alpha value is -8.15. The summed E-state index contributed by atoms with van der Waals surface area (Å²) >= 11 is 12.6. The molecule has 442 valence electrons. The number of carbonyl (C=O) groups is 2. The van der Waals surface area contributed by atoms with Crippen LogP contribution < -0.4 is 20.1 Å². The summed E-state index contributed by atoms with van der Waals surface area (Å²) in [5.41, 5.74) is 5.47. The van der Waals surface area contributed by atoms with Crippen LogP contribution in [-0.4, -0.2) is 180 Å². The lowest BCUT2D eigenvalue weighted by Crippen LogP contribution is -2.38. The van der Waals surface area contributed by atoms with Gasteiger partial charge in [-0.15, -0.1) is 0 Å². The van der Waals surface area contributed by atoms with Crippen molar-refractivity contribution in [1.29, 1.82) is 0 Å². The van der Waals surface area contributed by atoms with E-state index in [1.807, 2.05) is 21.6 Å². The quantitative estimate of drug-likeness (QED) is 0.0319. The van der Waals surface area contributed by atoms with Gasteiger partial charge in [-0.3, -0.25) is 38.9 Å². The van der Waals surface area contributed by atoms with Crippen molar-refractivity contribution in [2.24, 2.45) is 0 Å². The van der Waals surface area contributed by atoms with Crippen LogP contribution >= 0.6 is 23.2 Å². The lowest BCUT2D eigenvalue weighted by molar-refractivity contribution is -0.385. The number of morpholine rings is 2. The molecule has 26 nitrogen and oxygen atoms in total. The number of nitrogens with zero attached hydrogens (tertiary/aromatic N) is 15. The van der Waals surface area contributed by atoms with E-state index in [0.29, 0.717) is 92.0 Å². The molecule has 0 radical (unpaired) electrons. The molecule has 2 aliphatic rings. The summed E-state index contributed by atoms with van der Waals surface area (Å²) in [5, 5.41) is 39.1. The molecule has 0 unspecified atom stereocenters. The molecule has 7 aromatic heterocycles. The van der Waals surface area contributed by atoms with Crippen LogP contribution in [0.15, 0.2) is 110 Å². The smallest absolute Gasteiger partial charge is 0.307 e. The number of ether oxygens (including phenoxy) is 5. The molecule has 2 fully saturated rings. The van der Waals surface area contributed by atoms with Crippen LogP contribution in [0, 0.1) is 10.1 Å². The highest BCUT2D eigenvalue weighted by molar-refractivity contribution is 6.76. The fourth-order valence-corrected chi connectivity index (χ4v) is 10.1. The second-order valence-electron chi connectivity index (χ2n) is 20.5. The zero-order valence-corrected chi connectivity index (χ0v) is 49.6. The highest BCUT2D eigenvalue weighted by atomic mass is 35.5. The molecule has 2 N–H and O–H groups in total. The SMILES string of the molecule is COc1ccc(Cl)cc1-c1c(NC(=O)c2cnn3cccnc23)cnn1CCN1CCOCC1.COc1ccc(Cl)cc1-c1nn(CCN2CCOCC2)cc1NC(=O)c1cnn2cccnc12.C[Si](C)(C)CCOCn1cc([N+](=O)[O-])cn1. The molecule has 2 amide bonds. The van der Waals surface area contributed by atoms with Crippen molar-refractivity contribution < 1.29 is 38.2 Å². The predicted molar refractivity (Wildman–Crippen MR) is 318 cm³/mol. The number of aromatic nitrogens is 12. The van der Waals surface area contributed by atoms with Gasteiger partial charge in [0.05, 0.1) is 94.3 Å². The van der Waals surface area contributed by atoms with Gasteiger partial charge in [0.25, 0.3) is 11.8 Å². The molecule has 2 aromatic carbocycles. The number of nitro groups is 1. The summed E-state index contributed by atoms with van der Waals surface area (Å²) < 4.78 is 35.7. The first kappa shape index (κ1) is 60.4. The summed E-state index contributed by atoms with van der Waals surface area (Å²) in [6.45, 7) is 17.1. The molecule has 9 aromatic rings. The van der Waals surface area contributed by atoms with Crippen LogP contribution in [0.5, 0.6) is 11.5 Å². The first-order chi connectivity index (χ1) is 40.6. The molecule has 29 heteroatoms. The lowest BCUT2D eigenvalue weighted by Gasteiger charge is -2.26. The maximum Gasteiger partial charge on any atom is 0.307 e. The molecule has 0 spiro atoms. The molecule has 2 aliphatic heterocycles. The normalized spacial score (nSPS) is 13.9. The Morgan fingerprint density at radius 1 is 0.690 bits per heavy atom. The molecule has 11 rings (SSSR count). The maximum absolute atomic E-state index is 13.2. The summed E-state index contributed by atoms with van der Waals surface area (Å²) in [4.78, 5) is 49.5. The van der Waals surface area contributed by atoms with E-state index in [0.717, 1.165) is 77.3 Å². The van der Waals surface area contributed by atoms with Crippen LogP contribution in [0.2, 0.25) is 35.7 Å². The van der Waals surface area contributed by atoms with Gasteiger partial charge in [-0.05, 0) is 54.6 Å². The van der Waals surface area contributed by atoms with Crippen LogP contribution in [0.3, 0.4) is 0 Å². The highest BCUT2D eigenvalue weighted by Gasteiger charge is 2.25. The number of amides is 2.